The van der Waals surface area contributed by atoms with E-state index in [9.17, 15) is 11.0 Å². The average molecular weight is 1390 g/mol. The van der Waals surface area contributed by atoms with Gasteiger partial charge in [-0.3, -0.25) is 0 Å². The fourth-order valence-corrected chi connectivity index (χ4v) is 16.1. The quantitative estimate of drug-likeness (QED) is 0.133. The van der Waals surface area contributed by atoms with Crippen LogP contribution < -0.4 is 26.2 Å². The van der Waals surface area contributed by atoms with Crippen LogP contribution in [0.5, 0.6) is 0 Å². The van der Waals surface area contributed by atoms with Crippen LogP contribution in [0.15, 0.2) is 279 Å². The molecule has 106 heavy (non-hydrogen) atoms. The highest BCUT2D eigenvalue weighted by Crippen LogP contribution is 2.55. The summed E-state index contributed by atoms with van der Waals surface area (Å²) in [5, 5.41) is -0.00573. The highest BCUT2D eigenvalue weighted by Gasteiger charge is 2.46. The number of para-hydroxylation sites is 4. The summed E-state index contributed by atoms with van der Waals surface area (Å²) in [6, 6.07) is 82.0. The smallest absolute Gasteiger partial charge is 0.252 e. The van der Waals surface area contributed by atoms with E-state index in [0.29, 0.717) is 5.69 Å². The molecule has 0 saturated carbocycles. The molecule has 0 saturated heterocycles. The molecule has 1 aromatic heterocycles. The maximum atomic E-state index is 10.2. The molecule has 0 fully saturated rings. The molecule has 0 atom stereocenters. The van der Waals surface area contributed by atoms with Crippen LogP contribution in [0.4, 0.5) is 34.1 Å². The summed E-state index contributed by atoms with van der Waals surface area (Å²) < 4.78 is 79.7. The van der Waals surface area contributed by atoms with Crippen molar-refractivity contribution in [1.82, 2.24) is 4.57 Å². The lowest BCUT2D eigenvalue weighted by molar-refractivity contribution is 0.590. The monoisotopic (exact) mass is 1390 g/mol. The number of anilines is 6. The van der Waals surface area contributed by atoms with Crippen molar-refractivity contribution < 1.29 is 11.0 Å². The van der Waals surface area contributed by atoms with E-state index in [1.165, 1.54) is 33.4 Å². The van der Waals surface area contributed by atoms with Gasteiger partial charge in [-0.15, -0.1) is 0 Å². The van der Waals surface area contributed by atoms with E-state index in [2.05, 4.69) is 365 Å². The summed E-state index contributed by atoms with van der Waals surface area (Å²) in [5.74, 6) is 0. The molecule has 526 valence electrons. The van der Waals surface area contributed by atoms with Crippen LogP contribution in [-0.4, -0.2) is 11.3 Å². The van der Waals surface area contributed by atoms with E-state index in [4.69, 9.17) is 0 Å². The van der Waals surface area contributed by atoms with Crippen LogP contribution in [0.1, 0.15) is 169 Å². The molecule has 2 aliphatic rings. The summed E-state index contributed by atoms with van der Waals surface area (Å²) in [4.78, 5) is 4.93. The number of hydrogen-bond acceptors (Lipinski definition) is 2. The SMILES string of the molecule is [2H]c1c([2H])c([2H])c2c(c1[2H])c1c([2H])c([2H])c([2H])c([2H])c1n2-c1cc2c3c(c1)N(c1c(-c4ccc(C(C)(C)C)cc4)cccc1-c1ccc(C(C)(C)C)cc1)c1cc(-c4ccc(C(C)(C)C)cc4)ccc1B3c1cc(-c3ccc(C(C)(C)C)cc3)ccc1N2c1c(-c2ccc(C(C)(C)C)cc2)cccc1-c1ccc(C(C)(C)C)cc1. The number of hydrogen-bond donors (Lipinski definition) is 0. The van der Waals surface area contributed by atoms with Gasteiger partial charge in [0.25, 0.3) is 6.71 Å². The van der Waals surface area contributed by atoms with Gasteiger partial charge in [-0.2, -0.15) is 0 Å². The maximum absolute atomic E-state index is 10.2. The van der Waals surface area contributed by atoms with Crippen molar-refractivity contribution in [2.75, 3.05) is 9.80 Å². The second-order valence-corrected chi connectivity index (χ2v) is 35.7. The van der Waals surface area contributed by atoms with E-state index in [1.807, 2.05) is 0 Å². The number of rotatable bonds is 9. The first-order chi connectivity index (χ1) is 53.7. The number of benzene rings is 13. The number of fused-ring (bicyclic) bond motifs is 7. The fourth-order valence-electron chi connectivity index (χ4n) is 16.1. The van der Waals surface area contributed by atoms with Crippen molar-refractivity contribution in [3.8, 4) is 72.4 Å². The van der Waals surface area contributed by atoms with Crippen molar-refractivity contribution in [2.45, 2.75) is 157 Å². The van der Waals surface area contributed by atoms with Crippen LogP contribution in [0, 0.1) is 0 Å². The third kappa shape index (κ3) is 12.4. The Morgan fingerprint density at radius 3 is 0.896 bits per heavy atom. The van der Waals surface area contributed by atoms with Gasteiger partial charge in [-0.05, 0) is 163 Å². The van der Waals surface area contributed by atoms with E-state index in [1.54, 1.807) is 4.57 Å². The lowest BCUT2D eigenvalue weighted by Crippen LogP contribution is -2.61. The molecule has 0 amide bonds. The first-order valence-corrected chi connectivity index (χ1v) is 37.7. The molecule has 16 rings (SSSR count). The highest BCUT2D eigenvalue weighted by molar-refractivity contribution is 7.00. The third-order valence-corrected chi connectivity index (χ3v) is 22.3. The molecule has 0 unspecified atom stereocenters. The Morgan fingerprint density at radius 2 is 0.557 bits per heavy atom. The zero-order valence-corrected chi connectivity index (χ0v) is 64.9. The Labute approximate surface area is 642 Å². The van der Waals surface area contributed by atoms with Gasteiger partial charge in [0, 0.05) is 55.8 Å². The molecule has 3 heterocycles. The van der Waals surface area contributed by atoms with E-state index in [0.717, 1.165) is 117 Å². The molecule has 3 nitrogen and oxygen atoms in total. The topological polar surface area (TPSA) is 11.4 Å². The molecule has 0 spiro atoms. The maximum Gasteiger partial charge on any atom is 0.252 e. The van der Waals surface area contributed by atoms with Crippen molar-refractivity contribution in [2.24, 2.45) is 0 Å². The van der Waals surface area contributed by atoms with Gasteiger partial charge in [0.05, 0.1) is 39.1 Å². The van der Waals surface area contributed by atoms with Gasteiger partial charge >= 0.3 is 0 Å². The van der Waals surface area contributed by atoms with Gasteiger partial charge < -0.3 is 14.4 Å². The van der Waals surface area contributed by atoms with Crippen LogP contribution in [0.2, 0.25) is 0 Å². The van der Waals surface area contributed by atoms with Gasteiger partial charge in [0.2, 0.25) is 0 Å². The second-order valence-electron chi connectivity index (χ2n) is 35.7. The van der Waals surface area contributed by atoms with Crippen molar-refractivity contribution in [3.63, 3.8) is 0 Å². The van der Waals surface area contributed by atoms with Crippen molar-refractivity contribution in [1.29, 1.82) is 0 Å². The standard InChI is InChI=1S/C102H100BN3/c1-97(2,3)73-47-33-65(34-48-73)71-46-60-90-87(61-71)103-86-59-45-72(66-35-49-74(50-36-66)98(4,5)6)62-91(86)106(96-82(69-41-55-77(56-42-69)101(13,14)15)29-24-30-83(96)70-43-57-78(58-44-70)102(16,17)18)93-64-79(104-88-31-21-19-25-84(88)85-26-20-22-32-89(85)104)63-92(94(93)103)105(90)95-80(67-37-51-75(52-38-67)99(7,8)9)27-23-28-81(95)68-39-53-76(54-40-68)100(10,11)12/h19-64H,1-18H3/i19D,20D,21D,22D,25D,26D,31D,32D. The Kier molecular flexibility index (Phi) is 14.6. The highest BCUT2D eigenvalue weighted by atomic mass is 15.2. The second kappa shape index (κ2) is 25.5. The lowest BCUT2D eigenvalue weighted by atomic mass is 9.33. The summed E-state index contributed by atoms with van der Waals surface area (Å²) >= 11 is 0. The van der Waals surface area contributed by atoms with E-state index < -0.39 is 43.0 Å². The summed E-state index contributed by atoms with van der Waals surface area (Å²) in [7, 11) is 0. The molecule has 14 aromatic rings. The summed E-state index contributed by atoms with van der Waals surface area (Å²) in [6.07, 6.45) is 0. The largest absolute Gasteiger partial charge is 0.310 e. The molecule has 0 aliphatic carbocycles. The molecular formula is C102H100BN3. The van der Waals surface area contributed by atoms with Crippen molar-refractivity contribution >= 4 is 79.0 Å². The van der Waals surface area contributed by atoms with Gasteiger partial charge in [0.15, 0.2) is 0 Å². The van der Waals surface area contributed by atoms with Gasteiger partial charge in [0.1, 0.15) is 0 Å². The Bertz CT molecular complexity index is 5980. The number of nitrogens with zero attached hydrogens (tertiary/aromatic N) is 3. The lowest BCUT2D eigenvalue weighted by Gasteiger charge is -2.46. The van der Waals surface area contributed by atoms with Crippen LogP contribution in [-0.2, 0) is 32.5 Å². The minimum Gasteiger partial charge on any atom is -0.310 e. The Hall–Kier alpha value is -10.7. The minimum atomic E-state index is -0.513. The van der Waals surface area contributed by atoms with E-state index in [-0.39, 0.29) is 66.4 Å². The Balaban J connectivity index is 1.14. The van der Waals surface area contributed by atoms with E-state index >= 15 is 0 Å². The molecule has 4 heteroatoms. The minimum absolute atomic E-state index is 0.00286. The molecule has 0 N–H and O–H groups in total. The van der Waals surface area contributed by atoms with Gasteiger partial charge in [-0.1, -0.05) is 367 Å². The number of aromatic nitrogens is 1. The van der Waals surface area contributed by atoms with Gasteiger partial charge in [-0.25, -0.2) is 0 Å². The summed E-state index contributed by atoms with van der Waals surface area (Å²) in [5.41, 5.74) is 27.0. The molecule has 13 aromatic carbocycles. The zero-order valence-electron chi connectivity index (χ0n) is 72.9. The molecule has 0 radical (unpaired) electrons. The average Bonchev–Trinajstić information content (AvgIpc) is 1.19. The zero-order chi connectivity index (χ0) is 81.3. The van der Waals surface area contributed by atoms with Crippen LogP contribution >= 0.6 is 0 Å². The fraction of sp³-hybridized carbons (Fsp3) is 0.235. The van der Waals surface area contributed by atoms with Crippen molar-refractivity contribution in [3.05, 3.63) is 312 Å². The molecular weight excluding hydrogens is 1280 g/mol. The first kappa shape index (κ1) is 60.6. The van der Waals surface area contributed by atoms with Crippen LogP contribution in [0.25, 0.3) is 94.3 Å². The predicted molar refractivity (Wildman–Crippen MR) is 460 cm³/mol. The molecule has 0 bridgehead atoms. The first-order valence-electron chi connectivity index (χ1n) is 41.7. The van der Waals surface area contributed by atoms with Crippen LogP contribution in [0.3, 0.4) is 0 Å². The molecule has 2 aliphatic heterocycles. The normalized spacial score (nSPS) is 14.4. The Morgan fingerprint density at radius 1 is 0.264 bits per heavy atom. The predicted octanol–water partition coefficient (Wildman–Crippen LogP) is 26.7. The third-order valence-electron chi connectivity index (χ3n) is 22.3. The summed E-state index contributed by atoms with van der Waals surface area (Å²) in [6.45, 7) is 39.9.